The minimum Gasteiger partial charge on any atom is -0.462 e. The topological polar surface area (TPSA) is 87.9 Å². The first-order chi connectivity index (χ1) is 11.5. The Morgan fingerprint density at radius 2 is 2.04 bits per heavy atom. The van der Waals surface area contributed by atoms with Crippen molar-refractivity contribution in [2.24, 2.45) is 0 Å². The Hall–Kier alpha value is -3.08. The molecule has 2 rings (SSSR count). The molecule has 0 saturated heterocycles. The van der Waals surface area contributed by atoms with E-state index in [-0.39, 0.29) is 24.7 Å². The fourth-order valence-electron chi connectivity index (χ4n) is 1.98. The molecule has 24 heavy (non-hydrogen) atoms. The van der Waals surface area contributed by atoms with E-state index in [9.17, 15) is 13.6 Å². The van der Waals surface area contributed by atoms with E-state index in [1.807, 2.05) is 0 Å². The Morgan fingerprint density at radius 1 is 1.38 bits per heavy atom. The predicted octanol–water partition coefficient (Wildman–Crippen LogP) is 2.72. The van der Waals surface area contributed by atoms with Crippen molar-refractivity contribution in [1.29, 1.82) is 5.26 Å². The first-order valence-corrected chi connectivity index (χ1v) is 7.09. The SMILES string of the molecule is CCOC(=O)c1cnc(NCc2cc(F)c(C#N)c(F)c2)nc1C. The van der Waals surface area contributed by atoms with Gasteiger partial charge in [-0.25, -0.2) is 23.5 Å². The molecular formula is C16H14F2N4O2. The summed E-state index contributed by atoms with van der Waals surface area (Å²) in [5.74, 6) is -2.17. The number of ether oxygens (including phenoxy) is 1. The molecule has 0 spiro atoms. The summed E-state index contributed by atoms with van der Waals surface area (Å²) in [5, 5.41) is 11.4. The van der Waals surface area contributed by atoms with Crippen LogP contribution in [-0.4, -0.2) is 22.5 Å². The standard InChI is InChI=1S/C16H14F2N4O2/c1-3-24-15(23)12-8-21-16(22-9(12)2)20-7-10-4-13(17)11(6-19)14(18)5-10/h4-5,8H,3,7H2,1-2H3,(H,20,21,22). The molecular weight excluding hydrogens is 318 g/mol. The summed E-state index contributed by atoms with van der Waals surface area (Å²) in [6.07, 6.45) is 1.32. The molecule has 0 unspecified atom stereocenters. The van der Waals surface area contributed by atoms with Crippen molar-refractivity contribution < 1.29 is 18.3 Å². The van der Waals surface area contributed by atoms with Gasteiger partial charge in [0.25, 0.3) is 0 Å². The van der Waals surface area contributed by atoms with Gasteiger partial charge in [-0.1, -0.05) is 0 Å². The summed E-state index contributed by atoms with van der Waals surface area (Å²) in [5.41, 5.74) is 0.338. The fraction of sp³-hybridized carbons (Fsp3) is 0.250. The van der Waals surface area contributed by atoms with Crippen molar-refractivity contribution in [3.05, 3.63) is 52.3 Å². The number of nitriles is 1. The molecule has 0 atom stereocenters. The molecule has 0 radical (unpaired) electrons. The van der Waals surface area contributed by atoms with E-state index in [0.717, 1.165) is 12.1 Å². The van der Waals surface area contributed by atoms with Crippen molar-refractivity contribution in [2.45, 2.75) is 20.4 Å². The van der Waals surface area contributed by atoms with E-state index in [2.05, 4.69) is 15.3 Å². The minimum absolute atomic E-state index is 0.0533. The molecule has 2 aromatic rings. The van der Waals surface area contributed by atoms with Crippen LogP contribution in [0.2, 0.25) is 0 Å². The van der Waals surface area contributed by atoms with E-state index in [1.54, 1.807) is 13.8 Å². The van der Waals surface area contributed by atoms with Crippen LogP contribution in [0.1, 0.15) is 34.1 Å². The van der Waals surface area contributed by atoms with Crippen molar-refractivity contribution in [3.63, 3.8) is 0 Å². The monoisotopic (exact) mass is 332 g/mol. The second kappa shape index (κ2) is 7.46. The zero-order chi connectivity index (χ0) is 17.7. The normalized spacial score (nSPS) is 10.1. The average molecular weight is 332 g/mol. The third-order valence-electron chi connectivity index (χ3n) is 3.14. The number of hydrogen-bond acceptors (Lipinski definition) is 6. The van der Waals surface area contributed by atoms with Gasteiger partial charge in [0, 0.05) is 12.7 Å². The van der Waals surface area contributed by atoms with E-state index in [4.69, 9.17) is 10.00 Å². The summed E-state index contributed by atoms with van der Waals surface area (Å²) in [6.45, 7) is 3.62. The molecule has 0 aliphatic heterocycles. The van der Waals surface area contributed by atoms with Gasteiger partial charge in [0.15, 0.2) is 0 Å². The summed E-state index contributed by atoms with van der Waals surface area (Å²) in [4.78, 5) is 19.7. The third-order valence-corrected chi connectivity index (χ3v) is 3.14. The molecule has 1 aromatic carbocycles. The Morgan fingerprint density at radius 3 is 2.58 bits per heavy atom. The van der Waals surface area contributed by atoms with Gasteiger partial charge in [-0.3, -0.25) is 0 Å². The van der Waals surface area contributed by atoms with Crippen molar-refractivity contribution in [2.75, 3.05) is 11.9 Å². The molecule has 0 amide bonds. The van der Waals surface area contributed by atoms with Crippen LogP contribution in [0.3, 0.4) is 0 Å². The summed E-state index contributed by atoms with van der Waals surface area (Å²) in [7, 11) is 0. The number of halogens is 2. The lowest BCUT2D eigenvalue weighted by molar-refractivity contribution is 0.0524. The van der Waals surface area contributed by atoms with E-state index < -0.39 is 23.2 Å². The molecule has 1 aromatic heterocycles. The lowest BCUT2D eigenvalue weighted by atomic mass is 10.1. The molecule has 0 aliphatic rings. The van der Waals surface area contributed by atoms with Gasteiger partial charge < -0.3 is 10.1 Å². The molecule has 1 heterocycles. The largest absolute Gasteiger partial charge is 0.462 e. The van der Waals surface area contributed by atoms with Gasteiger partial charge in [-0.15, -0.1) is 0 Å². The summed E-state index contributed by atoms with van der Waals surface area (Å²) in [6, 6.07) is 3.59. The van der Waals surface area contributed by atoms with Crippen LogP contribution in [0.15, 0.2) is 18.3 Å². The second-order valence-corrected chi connectivity index (χ2v) is 4.81. The molecule has 6 nitrogen and oxygen atoms in total. The number of aromatic nitrogens is 2. The lowest BCUT2D eigenvalue weighted by Crippen LogP contribution is -2.11. The van der Waals surface area contributed by atoms with Crippen molar-refractivity contribution >= 4 is 11.9 Å². The van der Waals surface area contributed by atoms with Gasteiger partial charge in [0.2, 0.25) is 5.95 Å². The molecule has 0 bridgehead atoms. The zero-order valence-electron chi connectivity index (χ0n) is 13.1. The lowest BCUT2D eigenvalue weighted by Gasteiger charge is -2.09. The second-order valence-electron chi connectivity index (χ2n) is 4.81. The number of esters is 1. The molecule has 0 aliphatic carbocycles. The maximum absolute atomic E-state index is 13.5. The summed E-state index contributed by atoms with van der Waals surface area (Å²) < 4.78 is 32.0. The highest BCUT2D eigenvalue weighted by molar-refractivity contribution is 5.90. The van der Waals surface area contributed by atoms with E-state index >= 15 is 0 Å². The first-order valence-electron chi connectivity index (χ1n) is 7.09. The Bertz CT molecular complexity index is 795. The number of rotatable bonds is 5. The van der Waals surface area contributed by atoms with Gasteiger partial charge in [-0.2, -0.15) is 5.26 Å². The van der Waals surface area contributed by atoms with Crippen LogP contribution in [0.25, 0.3) is 0 Å². The number of benzene rings is 1. The van der Waals surface area contributed by atoms with Crippen LogP contribution >= 0.6 is 0 Å². The van der Waals surface area contributed by atoms with Gasteiger partial charge in [-0.05, 0) is 31.5 Å². The predicted molar refractivity (Wildman–Crippen MR) is 81.1 cm³/mol. The number of nitrogens with zero attached hydrogens (tertiary/aromatic N) is 3. The number of carbonyl (C=O) groups is 1. The van der Waals surface area contributed by atoms with Crippen LogP contribution in [0.5, 0.6) is 0 Å². The first kappa shape index (κ1) is 17.3. The van der Waals surface area contributed by atoms with Crippen LogP contribution in [0.4, 0.5) is 14.7 Å². The highest BCUT2D eigenvalue weighted by Crippen LogP contribution is 2.16. The van der Waals surface area contributed by atoms with Crippen LogP contribution in [0, 0.1) is 29.9 Å². The Labute approximate surface area is 137 Å². The maximum atomic E-state index is 13.5. The molecule has 0 fully saturated rings. The summed E-state index contributed by atoms with van der Waals surface area (Å²) >= 11 is 0. The van der Waals surface area contributed by atoms with Crippen LogP contribution < -0.4 is 5.32 Å². The Balaban J connectivity index is 2.12. The molecule has 8 heteroatoms. The highest BCUT2D eigenvalue weighted by Gasteiger charge is 2.13. The van der Waals surface area contributed by atoms with Gasteiger partial charge in [0.1, 0.15) is 23.3 Å². The maximum Gasteiger partial charge on any atom is 0.341 e. The number of anilines is 1. The van der Waals surface area contributed by atoms with Gasteiger partial charge in [0.05, 0.1) is 17.9 Å². The molecule has 1 N–H and O–H groups in total. The number of aryl methyl sites for hydroxylation is 1. The van der Waals surface area contributed by atoms with Crippen molar-refractivity contribution in [1.82, 2.24) is 9.97 Å². The molecule has 124 valence electrons. The third kappa shape index (κ3) is 3.81. The minimum atomic E-state index is -0.927. The van der Waals surface area contributed by atoms with Gasteiger partial charge >= 0.3 is 5.97 Å². The number of nitrogens with one attached hydrogen (secondary N) is 1. The van der Waals surface area contributed by atoms with E-state index in [1.165, 1.54) is 12.3 Å². The number of hydrogen-bond donors (Lipinski definition) is 1. The zero-order valence-corrected chi connectivity index (χ0v) is 13.1. The fourth-order valence-corrected chi connectivity index (χ4v) is 1.98. The highest BCUT2D eigenvalue weighted by atomic mass is 19.1. The smallest absolute Gasteiger partial charge is 0.341 e. The molecule has 0 saturated carbocycles. The average Bonchev–Trinajstić information content (AvgIpc) is 2.53. The number of carbonyl (C=O) groups excluding carboxylic acids is 1. The van der Waals surface area contributed by atoms with E-state index in [0.29, 0.717) is 11.3 Å². The quantitative estimate of drug-likeness (QED) is 0.847. The van der Waals surface area contributed by atoms with Crippen LogP contribution in [-0.2, 0) is 11.3 Å². The van der Waals surface area contributed by atoms with Crippen molar-refractivity contribution in [3.8, 4) is 6.07 Å². The Kier molecular flexibility index (Phi) is 5.37.